The fourth-order valence-electron chi connectivity index (χ4n) is 0.696. The summed E-state index contributed by atoms with van der Waals surface area (Å²) in [5.74, 6) is 0.165. The van der Waals surface area contributed by atoms with Gasteiger partial charge in [0.15, 0.2) is 0 Å². The molecule has 4 nitrogen and oxygen atoms in total. The molecular formula is C7H18N2O2S. The quantitative estimate of drug-likeness (QED) is 0.663. The highest BCUT2D eigenvalue weighted by molar-refractivity contribution is 7.89. The lowest BCUT2D eigenvalue weighted by Gasteiger charge is -2.20. The van der Waals surface area contributed by atoms with Crippen LogP contribution in [0.4, 0.5) is 0 Å². The first kappa shape index (κ1) is 11.9. The molecule has 1 N–H and O–H groups in total. The molecule has 0 aromatic heterocycles. The molecule has 0 atom stereocenters. The van der Waals surface area contributed by atoms with E-state index in [0.29, 0.717) is 6.54 Å². The molecule has 0 saturated carbocycles. The zero-order valence-corrected chi connectivity index (χ0v) is 8.98. The molecule has 0 saturated heterocycles. The van der Waals surface area contributed by atoms with Gasteiger partial charge >= 0.3 is 0 Å². The third kappa shape index (κ3) is 3.51. The van der Waals surface area contributed by atoms with Crippen molar-refractivity contribution in [1.82, 2.24) is 9.62 Å². The summed E-state index contributed by atoms with van der Waals surface area (Å²) in [6.07, 6.45) is 0. The van der Waals surface area contributed by atoms with Crippen molar-refractivity contribution in [2.24, 2.45) is 0 Å². The van der Waals surface area contributed by atoms with E-state index in [1.165, 1.54) is 4.31 Å². The highest BCUT2D eigenvalue weighted by Crippen LogP contribution is 2.02. The lowest BCUT2D eigenvalue weighted by Crippen LogP contribution is -2.37. The standard InChI is InChI=1S/C7H18N2O2S/c1-7(2)9(4)12(10,11)6-5-8-3/h7-8H,5-6H2,1-4H3. The SMILES string of the molecule is CNCCS(=O)(=O)N(C)C(C)C. The summed E-state index contributed by atoms with van der Waals surface area (Å²) in [6, 6.07) is 0.0341. The Balaban J connectivity index is 4.21. The molecule has 0 aromatic rings. The van der Waals surface area contributed by atoms with E-state index in [0.717, 1.165) is 0 Å². The maximum Gasteiger partial charge on any atom is 0.215 e. The normalized spacial score (nSPS) is 12.8. The molecule has 0 unspecified atom stereocenters. The van der Waals surface area contributed by atoms with Gasteiger partial charge in [-0.3, -0.25) is 0 Å². The highest BCUT2D eigenvalue weighted by atomic mass is 32.2. The molecular weight excluding hydrogens is 176 g/mol. The molecule has 0 aromatic carbocycles. The van der Waals surface area contributed by atoms with E-state index in [4.69, 9.17) is 0 Å². The van der Waals surface area contributed by atoms with Gasteiger partial charge in [-0.25, -0.2) is 12.7 Å². The Bertz CT molecular complexity index is 211. The van der Waals surface area contributed by atoms with Gasteiger partial charge in [0.05, 0.1) is 5.75 Å². The summed E-state index contributed by atoms with van der Waals surface area (Å²) in [4.78, 5) is 0. The van der Waals surface area contributed by atoms with Crippen molar-refractivity contribution in [3.63, 3.8) is 0 Å². The third-order valence-electron chi connectivity index (χ3n) is 1.78. The topological polar surface area (TPSA) is 49.4 Å². The molecule has 0 aliphatic carbocycles. The lowest BCUT2D eigenvalue weighted by molar-refractivity contribution is 0.410. The first-order valence-corrected chi connectivity index (χ1v) is 5.63. The molecule has 74 valence electrons. The number of nitrogens with zero attached hydrogens (tertiary/aromatic N) is 1. The van der Waals surface area contributed by atoms with Crippen LogP contribution in [0.3, 0.4) is 0 Å². The van der Waals surface area contributed by atoms with Crippen LogP contribution in [-0.4, -0.2) is 45.2 Å². The van der Waals surface area contributed by atoms with Crippen molar-refractivity contribution < 1.29 is 8.42 Å². The number of hydrogen-bond donors (Lipinski definition) is 1. The minimum Gasteiger partial charge on any atom is -0.319 e. The van der Waals surface area contributed by atoms with Crippen LogP contribution < -0.4 is 5.32 Å². The summed E-state index contributed by atoms with van der Waals surface area (Å²) >= 11 is 0. The Kier molecular flexibility index (Phi) is 4.74. The fraction of sp³-hybridized carbons (Fsp3) is 1.00. The van der Waals surface area contributed by atoms with Gasteiger partial charge in [-0.2, -0.15) is 0 Å². The van der Waals surface area contributed by atoms with Crippen LogP contribution in [0.15, 0.2) is 0 Å². The molecule has 0 fully saturated rings. The molecule has 0 aliphatic rings. The monoisotopic (exact) mass is 194 g/mol. The Hall–Kier alpha value is -0.130. The Morgan fingerprint density at radius 1 is 1.42 bits per heavy atom. The van der Waals surface area contributed by atoms with Crippen molar-refractivity contribution in [3.8, 4) is 0 Å². The zero-order chi connectivity index (χ0) is 9.78. The van der Waals surface area contributed by atoms with Crippen LogP contribution in [0.5, 0.6) is 0 Å². The summed E-state index contributed by atoms with van der Waals surface area (Å²) in [5, 5.41) is 2.81. The summed E-state index contributed by atoms with van der Waals surface area (Å²) in [7, 11) is 0.297. The van der Waals surface area contributed by atoms with E-state index in [-0.39, 0.29) is 11.8 Å². The summed E-state index contributed by atoms with van der Waals surface area (Å²) < 4.78 is 24.2. The van der Waals surface area contributed by atoms with Crippen LogP contribution in [0.1, 0.15) is 13.8 Å². The van der Waals surface area contributed by atoms with Crippen LogP contribution >= 0.6 is 0 Å². The number of nitrogens with one attached hydrogen (secondary N) is 1. The zero-order valence-electron chi connectivity index (χ0n) is 8.16. The van der Waals surface area contributed by atoms with E-state index in [1.807, 2.05) is 13.8 Å². The van der Waals surface area contributed by atoms with Gasteiger partial charge in [-0.1, -0.05) is 0 Å². The molecule has 5 heteroatoms. The first-order valence-electron chi connectivity index (χ1n) is 4.02. The van der Waals surface area contributed by atoms with Crippen LogP contribution in [0, 0.1) is 0 Å². The molecule has 0 bridgehead atoms. The van der Waals surface area contributed by atoms with Crippen molar-refractivity contribution in [2.45, 2.75) is 19.9 Å². The van der Waals surface area contributed by atoms with E-state index in [1.54, 1.807) is 14.1 Å². The predicted molar refractivity (Wildman–Crippen MR) is 50.6 cm³/mol. The maximum absolute atomic E-state index is 11.4. The molecule has 0 amide bonds. The smallest absolute Gasteiger partial charge is 0.215 e. The van der Waals surface area contributed by atoms with Gasteiger partial charge in [0.1, 0.15) is 0 Å². The van der Waals surface area contributed by atoms with Crippen molar-refractivity contribution >= 4 is 10.0 Å². The molecule has 0 heterocycles. The van der Waals surface area contributed by atoms with Crippen molar-refractivity contribution in [3.05, 3.63) is 0 Å². The molecule has 0 spiro atoms. The van der Waals surface area contributed by atoms with Crippen LogP contribution in [-0.2, 0) is 10.0 Å². The van der Waals surface area contributed by atoms with Crippen molar-refractivity contribution in [1.29, 1.82) is 0 Å². The predicted octanol–water partition coefficient (Wildman–Crippen LogP) is -0.124. The van der Waals surface area contributed by atoms with Crippen LogP contribution in [0.25, 0.3) is 0 Å². The van der Waals surface area contributed by atoms with Gasteiger partial charge in [-0.05, 0) is 20.9 Å². The Morgan fingerprint density at radius 3 is 2.25 bits per heavy atom. The second kappa shape index (κ2) is 4.79. The second-order valence-corrected chi connectivity index (χ2v) is 5.18. The Morgan fingerprint density at radius 2 is 1.92 bits per heavy atom. The average molecular weight is 194 g/mol. The number of rotatable bonds is 5. The molecule has 12 heavy (non-hydrogen) atoms. The van der Waals surface area contributed by atoms with E-state index < -0.39 is 10.0 Å². The third-order valence-corrected chi connectivity index (χ3v) is 3.80. The molecule has 0 aliphatic heterocycles. The van der Waals surface area contributed by atoms with E-state index >= 15 is 0 Å². The van der Waals surface area contributed by atoms with Gasteiger partial charge in [0.2, 0.25) is 10.0 Å². The van der Waals surface area contributed by atoms with Gasteiger partial charge < -0.3 is 5.32 Å². The van der Waals surface area contributed by atoms with Gasteiger partial charge in [0.25, 0.3) is 0 Å². The van der Waals surface area contributed by atoms with E-state index in [9.17, 15) is 8.42 Å². The second-order valence-electron chi connectivity index (χ2n) is 3.03. The van der Waals surface area contributed by atoms with E-state index in [2.05, 4.69) is 5.32 Å². The van der Waals surface area contributed by atoms with Crippen LogP contribution in [0.2, 0.25) is 0 Å². The largest absolute Gasteiger partial charge is 0.319 e. The minimum atomic E-state index is -3.05. The minimum absolute atomic E-state index is 0.0341. The maximum atomic E-state index is 11.4. The molecule has 0 radical (unpaired) electrons. The fourth-order valence-corrected chi connectivity index (χ4v) is 2.09. The lowest BCUT2D eigenvalue weighted by atomic mass is 10.4. The summed E-state index contributed by atoms with van der Waals surface area (Å²) in [5.41, 5.74) is 0. The number of hydrogen-bond acceptors (Lipinski definition) is 3. The van der Waals surface area contributed by atoms with Gasteiger partial charge in [-0.15, -0.1) is 0 Å². The summed E-state index contributed by atoms with van der Waals surface area (Å²) in [6.45, 7) is 4.22. The Labute approximate surface area is 75.0 Å². The first-order chi connectivity index (χ1) is 5.41. The number of sulfonamides is 1. The highest BCUT2D eigenvalue weighted by Gasteiger charge is 2.19. The van der Waals surface area contributed by atoms with Gasteiger partial charge in [0, 0.05) is 19.6 Å². The van der Waals surface area contributed by atoms with Crippen molar-refractivity contribution in [2.75, 3.05) is 26.4 Å². The average Bonchev–Trinajstić information content (AvgIpc) is 1.99. The molecule has 0 rings (SSSR count).